The van der Waals surface area contributed by atoms with Gasteiger partial charge in [0, 0.05) is 6.54 Å². The van der Waals surface area contributed by atoms with Gasteiger partial charge in [-0.1, -0.05) is 97.8 Å². The molecule has 0 aliphatic heterocycles. The zero-order valence-electron chi connectivity index (χ0n) is 26.1. The fourth-order valence-electron chi connectivity index (χ4n) is 4.76. The third kappa shape index (κ3) is 23.9. The van der Waals surface area contributed by atoms with Crippen molar-refractivity contribution >= 4 is 11.9 Å². The predicted octanol–water partition coefficient (Wildman–Crippen LogP) is 7.63. The van der Waals surface area contributed by atoms with Gasteiger partial charge in [0.1, 0.15) is 0 Å². The molecule has 0 aromatic carbocycles. The summed E-state index contributed by atoms with van der Waals surface area (Å²) in [6.07, 6.45) is 20.9. The first-order valence-corrected chi connectivity index (χ1v) is 16.1. The number of hydrogen-bond donors (Lipinski definition) is 0. The Labute approximate surface area is 236 Å². The van der Waals surface area contributed by atoms with Crippen LogP contribution in [0.3, 0.4) is 0 Å². The smallest absolute Gasteiger partial charge is 0.320 e. The molecule has 0 aromatic heterocycles. The SMILES string of the molecule is CCCCCCC(CCCC)C(=O)OCCCCCCCCCN(CCCC)CCCOC(=O)CN(C)C. The van der Waals surface area contributed by atoms with Crippen molar-refractivity contribution in [2.24, 2.45) is 5.92 Å². The molecule has 0 amide bonds. The Hall–Kier alpha value is -1.14. The van der Waals surface area contributed by atoms with Gasteiger partial charge in [-0.25, -0.2) is 0 Å². The largest absolute Gasteiger partial charge is 0.465 e. The van der Waals surface area contributed by atoms with E-state index in [0.717, 1.165) is 71.0 Å². The number of unbranched alkanes of at least 4 members (excludes halogenated alkanes) is 11. The van der Waals surface area contributed by atoms with Crippen LogP contribution in [0.25, 0.3) is 0 Å². The lowest BCUT2D eigenvalue weighted by Crippen LogP contribution is -2.29. The summed E-state index contributed by atoms with van der Waals surface area (Å²) >= 11 is 0. The van der Waals surface area contributed by atoms with E-state index in [4.69, 9.17) is 9.47 Å². The standard InChI is InChI=1S/C32H64N2O4/c1-6-9-12-18-23-30(22-10-7-2)32(36)38-27-20-17-15-13-14-16-19-25-34(24-11-8-3)26-21-28-37-31(35)29-33(4)5/h30H,6-29H2,1-5H3. The van der Waals surface area contributed by atoms with Gasteiger partial charge in [0.05, 0.1) is 25.7 Å². The van der Waals surface area contributed by atoms with Gasteiger partial charge in [-0.3, -0.25) is 14.5 Å². The first-order chi connectivity index (χ1) is 18.4. The van der Waals surface area contributed by atoms with E-state index in [1.165, 1.54) is 64.2 Å². The molecule has 0 heterocycles. The van der Waals surface area contributed by atoms with Crippen LogP contribution in [0.4, 0.5) is 0 Å². The molecule has 0 N–H and O–H groups in total. The summed E-state index contributed by atoms with van der Waals surface area (Å²) in [5.41, 5.74) is 0. The highest BCUT2D eigenvalue weighted by atomic mass is 16.5. The van der Waals surface area contributed by atoms with Gasteiger partial charge in [0.2, 0.25) is 0 Å². The molecule has 6 heteroatoms. The van der Waals surface area contributed by atoms with Crippen LogP contribution in [0.1, 0.15) is 136 Å². The molecule has 0 aromatic rings. The average Bonchev–Trinajstić information content (AvgIpc) is 2.89. The minimum absolute atomic E-state index is 0.0503. The summed E-state index contributed by atoms with van der Waals surface area (Å²) in [5.74, 6) is 0.0262. The minimum atomic E-state index is -0.137. The number of hydrogen-bond acceptors (Lipinski definition) is 6. The Bertz CT molecular complexity index is 542. The molecule has 0 aliphatic rings. The molecule has 0 saturated heterocycles. The minimum Gasteiger partial charge on any atom is -0.465 e. The van der Waals surface area contributed by atoms with E-state index in [1.807, 2.05) is 19.0 Å². The third-order valence-corrected chi connectivity index (χ3v) is 7.16. The van der Waals surface area contributed by atoms with Gasteiger partial charge in [-0.05, 0) is 65.7 Å². The Morgan fingerprint density at radius 2 is 1.11 bits per heavy atom. The Morgan fingerprint density at radius 3 is 1.76 bits per heavy atom. The summed E-state index contributed by atoms with van der Waals surface area (Å²) in [6, 6.07) is 0. The summed E-state index contributed by atoms with van der Waals surface area (Å²) in [5, 5.41) is 0. The second kappa shape index (κ2) is 27.4. The van der Waals surface area contributed by atoms with Crippen molar-refractivity contribution in [3.63, 3.8) is 0 Å². The van der Waals surface area contributed by atoms with Gasteiger partial charge >= 0.3 is 11.9 Å². The highest BCUT2D eigenvalue weighted by Gasteiger charge is 2.18. The molecule has 0 rings (SSSR count). The number of ether oxygens (including phenoxy) is 2. The van der Waals surface area contributed by atoms with E-state index in [-0.39, 0.29) is 17.9 Å². The average molecular weight is 541 g/mol. The van der Waals surface area contributed by atoms with E-state index < -0.39 is 0 Å². The maximum atomic E-state index is 12.5. The van der Waals surface area contributed by atoms with Crippen molar-refractivity contribution in [3.05, 3.63) is 0 Å². The Kier molecular flexibility index (Phi) is 26.6. The molecule has 0 fully saturated rings. The number of carbonyl (C=O) groups is 2. The van der Waals surface area contributed by atoms with Gasteiger partial charge in [-0.2, -0.15) is 0 Å². The first kappa shape index (κ1) is 36.9. The number of nitrogens with zero attached hydrogens (tertiary/aromatic N) is 2. The Balaban J connectivity index is 3.88. The van der Waals surface area contributed by atoms with E-state index in [9.17, 15) is 9.59 Å². The van der Waals surface area contributed by atoms with Gasteiger partial charge in [0.15, 0.2) is 0 Å². The van der Waals surface area contributed by atoms with Crippen LogP contribution < -0.4 is 0 Å². The number of carbonyl (C=O) groups excluding carboxylic acids is 2. The van der Waals surface area contributed by atoms with Gasteiger partial charge in [0.25, 0.3) is 0 Å². The van der Waals surface area contributed by atoms with Crippen molar-refractivity contribution in [3.8, 4) is 0 Å². The van der Waals surface area contributed by atoms with Crippen molar-refractivity contribution in [2.45, 2.75) is 136 Å². The van der Waals surface area contributed by atoms with Crippen molar-refractivity contribution in [1.29, 1.82) is 0 Å². The second-order valence-electron chi connectivity index (χ2n) is 11.3. The maximum Gasteiger partial charge on any atom is 0.320 e. The van der Waals surface area contributed by atoms with E-state index >= 15 is 0 Å². The van der Waals surface area contributed by atoms with Crippen LogP contribution >= 0.6 is 0 Å². The fourth-order valence-corrected chi connectivity index (χ4v) is 4.76. The molecule has 1 unspecified atom stereocenters. The van der Waals surface area contributed by atoms with Gasteiger partial charge < -0.3 is 14.4 Å². The summed E-state index contributed by atoms with van der Waals surface area (Å²) in [4.78, 5) is 28.6. The molecule has 0 spiro atoms. The normalized spacial score (nSPS) is 12.3. The highest BCUT2D eigenvalue weighted by Crippen LogP contribution is 2.19. The highest BCUT2D eigenvalue weighted by molar-refractivity contribution is 5.72. The second-order valence-corrected chi connectivity index (χ2v) is 11.3. The number of esters is 2. The summed E-state index contributed by atoms with van der Waals surface area (Å²) in [7, 11) is 3.76. The predicted molar refractivity (Wildman–Crippen MR) is 161 cm³/mol. The van der Waals surface area contributed by atoms with Crippen LogP contribution in [0, 0.1) is 5.92 Å². The number of rotatable bonds is 28. The molecule has 0 bridgehead atoms. The lowest BCUT2D eigenvalue weighted by Gasteiger charge is -2.22. The van der Waals surface area contributed by atoms with Crippen molar-refractivity contribution < 1.29 is 19.1 Å². The van der Waals surface area contributed by atoms with Crippen LogP contribution in [-0.4, -0.2) is 75.2 Å². The topological polar surface area (TPSA) is 59.1 Å². The molecular formula is C32H64N2O4. The monoisotopic (exact) mass is 540 g/mol. The molecule has 1 atom stereocenters. The van der Waals surface area contributed by atoms with Crippen molar-refractivity contribution in [1.82, 2.24) is 9.80 Å². The lowest BCUT2D eigenvalue weighted by atomic mass is 9.95. The van der Waals surface area contributed by atoms with Crippen LogP contribution in [0.5, 0.6) is 0 Å². The third-order valence-electron chi connectivity index (χ3n) is 7.16. The zero-order chi connectivity index (χ0) is 28.3. The first-order valence-electron chi connectivity index (χ1n) is 16.1. The van der Waals surface area contributed by atoms with Crippen LogP contribution in [-0.2, 0) is 19.1 Å². The van der Waals surface area contributed by atoms with E-state index in [0.29, 0.717) is 19.8 Å². The fraction of sp³-hybridized carbons (Fsp3) is 0.938. The molecular weight excluding hydrogens is 476 g/mol. The van der Waals surface area contributed by atoms with Gasteiger partial charge in [-0.15, -0.1) is 0 Å². The Morgan fingerprint density at radius 1 is 0.579 bits per heavy atom. The van der Waals surface area contributed by atoms with Crippen LogP contribution in [0.15, 0.2) is 0 Å². The van der Waals surface area contributed by atoms with Crippen molar-refractivity contribution in [2.75, 3.05) is 53.5 Å². The molecule has 226 valence electrons. The summed E-state index contributed by atoms with van der Waals surface area (Å²) < 4.78 is 11.0. The lowest BCUT2D eigenvalue weighted by molar-refractivity contribution is -0.149. The molecule has 6 nitrogen and oxygen atoms in total. The number of likely N-dealkylation sites (N-methyl/N-ethyl adjacent to an activating group) is 1. The molecule has 0 aliphatic carbocycles. The van der Waals surface area contributed by atoms with E-state index in [2.05, 4.69) is 25.7 Å². The molecule has 38 heavy (non-hydrogen) atoms. The summed E-state index contributed by atoms with van der Waals surface area (Å²) in [6.45, 7) is 11.4. The van der Waals surface area contributed by atoms with Crippen LogP contribution in [0.2, 0.25) is 0 Å². The van der Waals surface area contributed by atoms with E-state index in [1.54, 1.807) is 0 Å². The quantitative estimate of drug-likeness (QED) is 0.0751. The maximum absolute atomic E-state index is 12.5. The molecule has 0 saturated carbocycles. The molecule has 0 radical (unpaired) electrons. The zero-order valence-corrected chi connectivity index (χ0v) is 26.1.